The van der Waals surface area contributed by atoms with Gasteiger partial charge < -0.3 is 5.73 Å². The number of rotatable bonds is 4. The smallest absolute Gasteiger partial charge is 0.279 e. The third kappa shape index (κ3) is 4.91. The summed E-state index contributed by atoms with van der Waals surface area (Å²) < 4.78 is 28.2. The molecule has 0 aromatic carbocycles. The van der Waals surface area contributed by atoms with Gasteiger partial charge in [-0.2, -0.15) is 12.7 Å². The number of nitrogens with one attached hydrogen (secondary N) is 1. The number of hydrogen-bond acceptors (Lipinski definition) is 3. The Morgan fingerprint density at radius 1 is 1.29 bits per heavy atom. The average Bonchev–Trinajstić information content (AvgIpc) is 2.26. The van der Waals surface area contributed by atoms with Crippen molar-refractivity contribution in [1.29, 1.82) is 0 Å². The summed E-state index contributed by atoms with van der Waals surface area (Å²) in [5, 5.41) is 0. The Bertz CT molecular complexity index is 327. The fourth-order valence-corrected chi connectivity index (χ4v) is 3.27. The minimum absolute atomic E-state index is 0.0390. The SMILES string of the molecule is CC(C)(C)CNS(=O)(=O)N1CCC(CN)CC1. The summed E-state index contributed by atoms with van der Waals surface area (Å²) in [5.74, 6) is 0.476. The zero-order valence-electron chi connectivity index (χ0n) is 11.1. The molecule has 102 valence electrons. The molecule has 6 heteroatoms. The van der Waals surface area contributed by atoms with Crippen molar-refractivity contribution < 1.29 is 8.42 Å². The highest BCUT2D eigenvalue weighted by atomic mass is 32.2. The molecule has 1 saturated heterocycles. The van der Waals surface area contributed by atoms with Crippen LogP contribution in [0.3, 0.4) is 0 Å². The molecule has 0 spiro atoms. The monoisotopic (exact) mass is 263 g/mol. The van der Waals surface area contributed by atoms with E-state index in [1.807, 2.05) is 20.8 Å². The highest BCUT2D eigenvalue weighted by Gasteiger charge is 2.28. The van der Waals surface area contributed by atoms with Crippen molar-refractivity contribution in [3.63, 3.8) is 0 Å². The second kappa shape index (κ2) is 5.65. The normalized spacial score (nSPS) is 20.7. The Labute approximate surface area is 105 Å². The van der Waals surface area contributed by atoms with Gasteiger partial charge >= 0.3 is 0 Å². The van der Waals surface area contributed by atoms with E-state index in [0.29, 0.717) is 32.1 Å². The summed E-state index contributed by atoms with van der Waals surface area (Å²) in [5.41, 5.74) is 5.55. The van der Waals surface area contributed by atoms with Crippen LogP contribution in [0.5, 0.6) is 0 Å². The van der Waals surface area contributed by atoms with Crippen LogP contribution < -0.4 is 10.5 Å². The van der Waals surface area contributed by atoms with E-state index in [0.717, 1.165) is 12.8 Å². The molecular weight excluding hydrogens is 238 g/mol. The quantitative estimate of drug-likeness (QED) is 0.777. The second-order valence-electron chi connectivity index (χ2n) is 5.96. The van der Waals surface area contributed by atoms with Crippen molar-refractivity contribution in [1.82, 2.24) is 9.03 Å². The Morgan fingerprint density at radius 2 is 1.82 bits per heavy atom. The number of piperidine rings is 1. The predicted molar refractivity (Wildman–Crippen MR) is 69.7 cm³/mol. The third-order valence-electron chi connectivity index (χ3n) is 3.03. The first-order valence-corrected chi connectivity index (χ1v) is 7.63. The lowest BCUT2D eigenvalue weighted by Crippen LogP contribution is -2.47. The van der Waals surface area contributed by atoms with E-state index in [1.165, 1.54) is 4.31 Å². The number of nitrogens with two attached hydrogens (primary N) is 1. The van der Waals surface area contributed by atoms with E-state index in [2.05, 4.69) is 4.72 Å². The largest absolute Gasteiger partial charge is 0.330 e. The molecule has 0 unspecified atom stereocenters. The van der Waals surface area contributed by atoms with Gasteiger partial charge in [-0.15, -0.1) is 0 Å². The van der Waals surface area contributed by atoms with E-state index >= 15 is 0 Å². The van der Waals surface area contributed by atoms with Gasteiger partial charge in [0.05, 0.1) is 0 Å². The van der Waals surface area contributed by atoms with Crippen LogP contribution in [-0.2, 0) is 10.2 Å². The molecule has 1 fully saturated rings. The molecule has 1 heterocycles. The average molecular weight is 263 g/mol. The van der Waals surface area contributed by atoms with Crippen LogP contribution in [0.25, 0.3) is 0 Å². The first-order valence-electron chi connectivity index (χ1n) is 6.19. The minimum Gasteiger partial charge on any atom is -0.330 e. The highest BCUT2D eigenvalue weighted by Crippen LogP contribution is 2.18. The van der Waals surface area contributed by atoms with Crippen LogP contribution >= 0.6 is 0 Å². The second-order valence-corrected chi connectivity index (χ2v) is 7.72. The van der Waals surface area contributed by atoms with Crippen molar-refractivity contribution >= 4 is 10.2 Å². The molecular formula is C11H25N3O2S. The summed E-state index contributed by atoms with van der Waals surface area (Å²) in [6, 6.07) is 0. The van der Waals surface area contributed by atoms with Crippen LogP contribution in [0, 0.1) is 11.3 Å². The zero-order chi connectivity index (χ0) is 13.1. The Balaban J connectivity index is 2.49. The lowest BCUT2D eigenvalue weighted by atomic mass is 9.98. The van der Waals surface area contributed by atoms with Gasteiger partial charge in [-0.1, -0.05) is 20.8 Å². The minimum atomic E-state index is -3.31. The molecule has 0 aliphatic carbocycles. The molecule has 0 amide bonds. The van der Waals surface area contributed by atoms with Gasteiger partial charge in [-0.3, -0.25) is 0 Å². The molecule has 0 bridgehead atoms. The first kappa shape index (κ1) is 14.9. The molecule has 5 nitrogen and oxygen atoms in total. The van der Waals surface area contributed by atoms with Crippen LogP contribution in [0.15, 0.2) is 0 Å². The third-order valence-corrected chi connectivity index (χ3v) is 4.59. The van der Waals surface area contributed by atoms with Crippen molar-refractivity contribution in [3.05, 3.63) is 0 Å². The summed E-state index contributed by atoms with van der Waals surface area (Å²) in [6.45, 7) is 8.32. The van der Waals surface area contributed by atoms with Gasteiger partial charge in [0, 0.05) is 19.6 Å². The van der Waals surface area contributed by atoms with Gasteiger partial charge in [0.1, 0.15) is 0 Å². The maximum absolute atomic E-state index is 12.0. The van der Waals surface area contributed by atoms with Crippen LogP contribution in [-0.4, -0.2) is 38.9 Å². The van der Waals surface area contributed by atoms with Gasteiger partial charge in [-0.25, -0.2) is 4.72 Å². The molecule has 0 atom stereocenters. The van der Waals surface area contributed by atoms with Gasteiger partial charge in [-0.05, 0) is 30.7 Å². The van der Waals surface area contributed by atoms with E-state index in [-0.39, 0.29) is 5.41 Å². The summed E-state index contributed by atoms with van der Waals surface area (Å²) >= 11 is 0. The Hall–Kier alpha value is -0.170. The maximum Gasteiger partial charge on any atom is 0.279 e. The molecule has 1 rings (SSSR count). The van der Waals surface area contributed by atoms with Gasteiger partial charge in [0.25, 0.3) is 10.2 Å². The molecule has 17 heavy (non-hydrogen) atoms. The Kier molecular flexibility index (Phi) is 4.95. The molecule has 0 aromatic heterocycles. The van der Waals surface area contributed by atoms with Crippen molar-refractivity contribution in [2.24, 2.45) is 17.1 Å². The molecule has 1 aliphatic rings. The van der Waals surface area contributed by atoms with Gasteiger partial charge in [0.2, 0.25) is 0 Å². The zero-order valence-corrected chi connectivity index (χ0v) is 11.9. The fraction of sp³-hybridized carbons (Fsp3) is 1.00. The summed E-state index contributed by atoms with van der Waals surface area (Å²) in [6.07, 6.45) is 1.74. The van der Waals surface area contributed by atoms with Crippen LogP contribution in [0.4, 0.5) is 0 Å². The van der Waals surface area contributed by atoms with Gasteiger partial charge in [0.15, 0.2) is 0 Å². The standard InChI is InChI=1S/C11H25N3O2S/c1-11(2,3)9-13-17(15,16)14-6-4-10(8-12)5-7-14/h10,13H,4-9,12H2,1-3H3. The topological polar surface area (TPSA) is 75.4 Å². The van der Waals surface area contributed by atoms with Crippen molar-refractivity contribution in [2.75, 3.05) is 26.2 Å². The predicted octanol–water partition coefficient (Wildman–Crippen LogP) is 0.538. The summed E-state index contributed by atoms with van der Waals surface area (Å²) in [7, 11) is -3.31. The van der Waals surface area contributed by atoms with Crippen molar-refractivity contribution in [3.8, 4) is 0 Å². The van der Waals surface area contributed by atoms with Crippen LogP contribution in [0.1, 0.15) is 33.6 Å². The Morgan fingerprint density at radius 3 is 2.24 bits per heavy atom. The first-order chi connectivity index (χ1) is 7.74. The molecule has 3 N–H and O–H groups in total. The summed E-state index contributed by atoms with van der Waals surface area (Å²) in [4.78, 5) is 0. The lowest BCUT2D eigenvalue weighted by molar-refractivity contribution is 0.273. The fourth-order valence-electron chi connectivity index (χ4n) is 1.78. The molecule has 0 radical (unpaired) electrons. The van der Waals surface area contributed by atoms with E-state index in [4.69, 9.17) is 5.73 Å². The molecule has 0 saturated carbocycles. The van der Waals surface area contributed by atoms with E-state index in [1.54, 1.807) is 0 Å². The molecule has 0 aromatic rings. The highest BCUT2D eigenvalue weighted by molar-refractivity contribution is 7.87. The number of nitrogens with zero attached hydrogens (tertiary/aromatic N) is 1. The van der Waals surface area contributed by atoms with E-state index in [9.17, 15) is 8.42 Å². The maximum atomic E-state index is 12.0. The number of hydrogen-bond donors (Lipinski definition) is 2. The van der Waals surface area contributed by atoms with Crippen molar-refractivity contribution in [2.45, 2.75) is 33.6 Å². The molecule has 1 aliphatic heterocycles. The lowest BCUT2D eigenvalue weighted by Gasteiger charge is -2.31. The van der Waals surface area contributed by atoms with E-state index < -0.39 is 10.2 Å². The van der Waals surface area contributed by atoms with Crippen LogP contribution in [0.2, 0.25) is 0 Å².